The van der Waals surface area contributed by atoms with Crippen molar-refractivity contribution in [3.63, 3.8) is 0 Å². The van der Waals surface area contributed by atoms with E-state index in [0.717, 1.165) is 16.2 Å². The van der Waals surface area contributed by atoms with Crippen LogP contribution < -0.4 is 4.74 Å². The average Bonchev–Trinajstić information content (AvgIpc) is 2.84. The minimum Gasteiger partial charge on any atom is -0.497 e. The molecule has 1 aromatic heterocycles. The summed E-state index contributed by atoms with van der Waals surface area (Å²) in [6.45, 7) is 0. The molecule has 0 atom stereocenters. The number of oxime groups is 1. The number of thiophene rings is 1. The fraction of sp³-hybridized carbons (Fsp3) is 0.0833. The normalized spacial score (nSPS) is 11.4. The molecule has 0 aliphatic carbocycles. The molecule has 0 fully saturated rings. The van der Waals surface area contributed by atoms with Crippen LogP contribution >= 0.6 is 11.3 Å². The van der Waals surface area contributed by atoms with Gasteiger partial charge in [-0.1, -0.05) is 23.4 Å². The zero-order chi connectivity index (χ0) is 11.4. The van der Waals surface area contributed by atoms with Gasteiger partial charge in [-0.05, 0) is 23.6 Å². The SMILES string of the molecule is COc1cccc(/C(=N/O)c2cccs2)c1. The molecule has 2 rings (SSSR count). The first-order valence-corrected chi connectivity index (χ1v) is 5.63. The fourth-order valence-corrected chi connectivity index (χ4v) is 2.16. The summed E-state index contributed by atoms with van der Waals surface area (Å²) in [6.07, 6.45) is 0. The maximum Gasteiger partial charge on any atom is 0.127 e. The van der Waals surface area contributed by atoms with Crippen molar-refractivity contribution in [2.24, 2.45) is 5.16 Å². The largest absolute Gasteiger partial charge is 0.497 e. The molecule has 1 N–H and O–H groups in total. The predicted octanol–water partition coefficient (Wildman–Crippen LogP) is 2.98. The third kappa shape index (κ3) is 2.06. The monoisotopic (exact) mass is 233 g/mol. The summed E-state index contributed by atoms with van der Waals surface area (Å²) < 4.78 is 5.13. The second-order valence-electron chi connectivity index (χ2n) is 3.16. The van der Waals surface area contributed by atoms with Gasteiger partial charge in [0, 0.05) is 5.56 Å². The second-order valence-corrected chi connectivity index (χ2v) is 4.11. The van der Waals surface area contributed by atoms with Gasteiger partial charge in [0.1, 0.15) is 11.5 Å². The lowest BCUT2D eigenvalue weighted by atomic mass is 10.1. The quantitative estimate of drug-likeness (QED) is 0.503. The van der Waals surface area contributed by atoms with Crippen molar-refractivity contribution in [1.29, 1.82) is 0 Å². The Hall–Kier alpha value is -1.81. The molecule has 0 unspecified atom stereocenters. The van der Waals surface area contributed by atoms with Gasteiger partial charge < -0.3 is 9.94 Å². The van der Waals surface area contributed by atoms with Gasteiger partial charge in [0.2, 0.25) is 0 Å². The Morgan fingerprint density at radius 2 is 2.19 bits per heavy atom. The molecule has 2 aromatic rings. The maximum absolute atomic E-state index is 9.07. The summed E-state index contributed by atoms with van der Waals surface area (Å²) in [6, 6.07) is 11.3. The maximum atomic E-state index is 9.07. The highest BCUT2D eigenvalue weighted by atomic mass is 32.1. The average molecular weight is 233 g/mol. The zero-order valence-electron chi connectivity index (χ0n) is 8.75. The second kappa shape index (κ2) is 4.81. The van der Waals surface area contributed by atoms with E-state index in [9.17, 15) is 0 Å². The number of ether oxygens (including phenoxy) is 1. The van der Waals surface area contributed by atoms with Crippen molar-refractivity contribution in [2.45, 2.75) is 0 Å². The first-order valence-electron chi connectivity index (χ1n) is 4.75. The number of hydrogen-bond acceptors (Lipinski definition) is 4. The van der Waals surface area contributed by atoms with Gasteiger partial charge >= 0.3 is 0 Å². The van der Waals surface area contributed by atoms with E-state index in [1.54, 1.807) is 7.11 Å². The van der Waals surface area contributed by atoms with Crippen LogP contribution in [0.5, 0.6) is 5.75 Å². The smallest absolute Gasteiger partial charge is 0.127 e. The third-order valence-corrected chi connectivity index (χ3v) is 3.07. The summed E-state index contributed by atoms with van der Waals surface area (Å²) in [4.78, 5) is 0.927. The van der Waals surface area contributed by atoms with Crippen LogP contribution in [-0.2, 0) is 0 Å². The highest BCUT2D eigenvalue weighted by Crippen LogP contribution is 2.19. The van der Waals surface area contributed by atoms with E-state index in [0.29, 0.717) is 5.71 Å². The molecule has 0 aliphatic heterocycles. The number of methoxy groups -OCH3 is 1. The lowest BCUT2D eigenvalue weighted by Crippen LogP contribution is -2.01. The highest BCUT2D eigenvalue weighted by Gasteiger charge is 2.09. The molecule has 0 radical (unpaired) electrons. The van der Waals surface area contributed by atoms with Crippen LogP contribution in [0.4, 0.5) is 0 Å². The predicted molar refractivity (Wildman–Crippen MR) is 64.7 cm³/mol. The van der Waals surface area contributed by atoms with Crippen molar-refractivity contribution >= 4 is 17.0 Å². The Labute approximate surface area is 97.6 Å². The van der Waals surface area contributed by atoms with E-state index in [-0.39, 0.29) is 0 Å². The third-order valence-electron chi connectivity index (χ3n) is 2.20. The van der Waals surface area contributed by atoms with Gasteiger partial charge in [0.05, 0.1) is 12.0 Å². The topological polar surface area (TPSA) is 41.8 Å². The van der Waals surface area contributed by atoms with Crippen LogP contribution in [-0.4, -0.2) is 18.0 Å². The van der Waals surface area contributed by atoms with Crippen LogP contribution in [0.1, 0.15) is 10.4 Å². The number of nitrogens with zero attached hydrogens (tertiary/aromatic N) is 1. The molecule has 16 heavy (non-hydrogen) atoms. The Balaban J connectivity index is 2.42. The minimum atomic E-state index is 0.564. The molecule has 4 heteroatoms. The molecule has 0 saturated carbocycles. The molecular formula is C12H11NO2S. The lowest BCUT2D eigenvalue weighted by Gasteiger charge is -2.04. The summed E-state index contributed by atoms with van der Waals surface area (Å²) in [5.41, 5.74) is 1.40. The number of rotatable bonds is 3. The Bertz CT molecular complexity index is 491. The fourth-order valence-electron chi connectivity index (χ4n) is 1.43. The molecule has 1 aromatic carbocycles. The lowest BCUT2D eigenvalue weighted by molar-refractivity contribution is 0.319. The van der Waals surface area contributed by atoms with E-state index >= 15 is 0 Å². The standard InChI is InChI=1S/C12H11NO2S/c1-15-10-5-2-4-9(8-10)12(13-14)11-6-3-7-16-11/h2-8,14H,1H3/b13-12-. The van der Waals surface area contributed by atoms with Crippen molar-refractivity contribution in [3.05, 3.63) is 52.2 Å². The summed E-state index contributed by atoms with van der Waals surface area (Å²) >= 11 is 1.53. The van der Waals surface area contributed by atoms with Crippen LogP contribution in [0.2, 0.25) is 0 Å². The molecule has 82 valence electrons. The first kappa shape index (κ1) is 10.7. The molecule has 0 aliphatic rings. The zero-order valence-corrected chi connectivity index (χ0v) is 9.57. The van der Waals surface area contributed by atoms with Crippen LogP contribution in [0, 0.1) is 0 Å². The molecule has 0 amide bonds. The minimum absolute atomic E-state index is 0.564. The molecule has 0 bridgehead atoms. The van der Waals surface area contributed by atoms with Gasteiger partial charge in [-0.25, -0.2) is 0 Å². The number of hydrogen-bond donors (Lipinski definition) is 1. The van der Waals surface area contributed by atoms with Crippen LogP contribution in [0.3, 0.4) is 0 Å². The molecular weight excluding hydrogens is 222 g/mol. The summed E-state index contributed by atoms with van der Waals surface area (Å²) in [5.74, 6) is 0.746. The Morgan fingerprint density at radius 1 is 1.31 bits per heavy atom. The molecule has 0 spiro atoms. The van der Waals surface area contributed by atoms with Gasteiger partial charge in [0.15, 0.2) is 0 Å². The van der Waals surface area contributed by atoms with E-state index in [1.807, 2.05) is 41.8 Å². The van der Waals surface area contributed by atoms with Gasteiger partial charge in [0.25, 0.3) is 0 Å². The van der Waals surface area contributed by atoms with E-state index in [2.05, 4.69) is 5.16 Å². The van der Waals surface area contributed by atoms with Gasteiger partial charge in [-0.2, -0.15) is 0 Å². The van der Waals surface area contributed by atoms with Crippen molar-refractivity contribution in [2.75, 3.05) is 7.11 Å². The number of benzene rings is 1. The summed E-state index contributed by atoms with van der Waals surface area (Å²) in [5, 5.41) is 14.4. The Morgan fingerprint density at radius 3 is 2.81 bits per heavy atom. The summed E-state index contributed by atoms with van der Waals surface area (Å²) in [7, 11) is 1.61. The molecule has 3 nitrogen and oxygen atoms in total. The molecule has 0 saturated heterocycles. The molecule has 1 heterocycles. The first-order chi connectivity index (χ1) is 7.85. The van der Waals surface area contributed by atoms with E-state index in [1.165, 1.54) is 11.3 Å². The highest BCUT2D eigenvalue weighted by molar-refractivity contribution is 7.12. The Kier molecular flexibility index (Phi) is 3.22. The van der Waals surface area contributed by atoms with Gasteiger partial charge in [-0.15, -0.1) is 11.3 Å². The van der Waals surface area contributed by atoms with Crippen LogP contribution in [0.25, 0.3) is 0 Å². The van der Waals surface area contributed by atoms with E-state index < -0.39 is 0 Å². The van der Waals surface area contributed by atoms with E-state index in [4.69, 9.17) is 9.94 Å². The van der Waals surface area contributed by atoms with Gasteiger partial charge in [-0.3, -0.25) is 0 Å². The van der Waals surface area contributed by atoms with Crippen LogP contribution in [0.15, 0.2) is 46.9 Å². The van der Waals surface area contributed by atoms with Crippen molar-refractivity contribution in [3.8, 4) is 5.75 Å². The van der Waals surface area contributed by atoms with Crippen molar-refractivity contribution in [1.82, 2.24) is 0 Å². The van der Waals surface area contributed by atoms with Crippen molar-refractivity contribution < 1.29 is 9.94 Å².